The van der Waals surface area contributed by atoms with E-state index in [2.05, 4.69) is 10.6 Å². The molecule has 0 bridgehead atoms. The maximum absolute atomic E-state index is 12.7. The molecule has 1 saturated heterocycles. The number of carbonyl (C=O) groups excluding carboxylic acids is 1. The molecule has 0 spiro atoms. The number of nitrogens with one attached hydrogen (secondary N) is 2. The molecular formula is C18H20ClN3O4. The molecule has 1 heterocycles. The third-order valence-corrected chi connectivity index (χ3v) is 4.02. The van der Waals surface area contributed by atoms with E-state index < -0.39 is 4.92 Å². The predicted octanol–water partition coefficient (Wildman–Crippen LogP) is 3.29. The molecule has 8 heteroatoms. The van der Waals surface area contributed by atoms with Gasteiger partial charge >= 0.3 is 0 Å². The monoisotopic (exact) mass is 377 g/mol. The molecule has 1 aliphatic rings. The second-order valence-electron chi connectivity index (χ2n) is 5.87. The molecule has 2 aromatic carbocycles. The fraction of sp³-hybridized carbons (Fsp3) is 0.278. The summed E-state index contributed by atoms with van der Waals surface area (Å²) in [5.41, 5.74) is 0.0101. The second kappa shape index (κ2) is 9.17. The van der Waals surface area contributed by atoms with Gasteiger partial charge in [-0.1, -0.05) is 18.2 Å². The minimum Gasteiger partial charge on any atom is -0.457 e. The van der Waals surface area contributed by atoms with Crippen molar-refractivity contribution in [3.8, 4) is 11.5 Å². The van der Waals surface area contributed by atoms with Crippen LogP contribution in [0.1, 0.15) is 23.2 Å². The molecule has 138 valence electrons. The topological polar surface area (TPSA) is 93.5 Å². The van der Waals surface area contributed by atoms with Crippen molar-refractivity contribution in [2.75, 3.05) is 13.1 Å². The standard InChI is InChI=1S/C18H19N3O4.ClH/c22-18(20-13-5-4-10-19-12-13)16-11-14(21(23)24)8-9-17(16)25-15-6-2-1-3-7-15;/h1-3,6-9,11,13,19H,4-5,10,12H2,(H,20,22);1H/t13-;/m0./s1. The number of hydrogen-bond acceptors (Lipinski definition) is 5. The van der Waals surface area contributed by atoms with Crippen molar-refractivity contribution in [1.82, 2.24) is 10.6 Å². The average Bonchev–Trinajstić information content (AvgIpc) is 2.63. The first-order chi connectivity index (χ1) is 12.1. The lowest BCUT2D eigenvalue weighted by Gasteiger charge is -2.24. The molecule has 1 fully saturated rings. The number of nitrogens with zero attached hydrogens (tertiary/aromatic N) is 1. The number of non-ortho nitro benzene ring substituents is 1. The van der Waals surface area contributed by atoms with Crippen LogP contribution in [-0.4, -0.2) is 30.0 Å². The lowest BCUT2D eigenvalue weighted by molar-refractivity contribution is -0.384. The largest absolute Gasteiger partial charge is 0.457 e. The van der Waals surface area contributed by atoms with Crippen LogP contribution in [0.5, 0.6) is 11.5 Å². The van der Waals surface area contributed by atoms with Crippen LogP contribution in [0, 0.1) is 10.1 Å². The van der Waals surface area contributed by atoms with Gasteiger partial charge in [-0.05, 0) is 37.6 Å². The molecule has 1 atom stereocenters. The van der Waals surface area contributed by atoms with Crippen LogP contribution in [0.2, 0.25) is 0 Å². The van der Waals surface area contributed by atoms with Gasteiger partial charge in [0.1, 0.15) is 11.5 Å². The van der Waals surface area contributed by atoms with E-state index in [1.165, 1.54) is 18.2 Å². The Hall–Kier alpha value is -2.64. The van der Waals surface area contributed by atoms with Gasteiger partial charge in [-0.25, -0.2) is 0 Å². The number of ether oxygens (including phenoxy) is 1. The van der Waals surface area contributed by atoms with E-state index >= 15 is 0 Å². The Kier molecular flexibility index (Phi) is 6.94. The molecule has 7 nitrogen and oxygen atoms in total. The van der Waals surface area contributed by atoms with Crippen LogP contribution in [0.15, 0.2) is 48.5 Å². The van der Waals surface area contributed by atoms with Crippen molar-refractivity contribution in [1.29, 1.82) is 0 Å². The van der Waals surface area contributed by atoms with Crippen LogP contribution in [-0.2, 0) is 0 Å². The van der Waals surface area contributed by atoms with Gasteiger partial charge in [0.05, 0.1) is 10.5 Å². The lowest BCUT2D eigenvalue weighted by Crippen LogP contribution is -2.45. The first-order valence-electron chi connectivity index (χ1n) is 8.16. The number of nitro groups is 1. The summed E-state index contributed by atoms with van der Waals surface area (Å²) in [6, 6.07) is 13.0. The minimum absolute atomic E-state index is 0. The van der Waals surface area contributed by atoms with E-state index in [4.69, 9.17) is 4.74 Å². The first kappa shape index (κ1) is 19.7. The summed E-state index contributed by atoms with van der Waals surface area (Å²) < 4.78 is 5.76. The molecule has 1 amide bonds. The number of hydrogen-bond donors (Lipinski definition) is 2. The van der Waals surface area contributed by atoms with Gasteiger partial charge in [0.2, 0.25) is 0 Å². The van der Waals surface area contributed by atoms with E-state index in [-0.39, 0.29) is 41.4 Å². The zero-order valence-corrected chi connectivity index (χ0v) is 14.8. The molecule has 26 heavy (non-hydrogen) atoms. The Bertz CT molecular complexity index is 764. The molecule has 2 aromatic rings. The van der Waals surface area contributed by atoms with E-state index in [0.29, 0.717) is 12.3 Å². The molecule has 0 saturated carbocycles. The smallest absolute Gasteiger partial charge is 0.270 e. The number of piperidine rings is 1. The third kappa shape index (κ3) is 4.93. The summed E-state index contributed by atoms with van der Waals surface area (Å²) in [4.78, 5) is 23.2. The van der Waals surface area contributed by atoms with Crippen LogP contribution < -0.4 is 15.4 Å². The zero-order valence-electron chi connectivity index (χ0n) is 14.0. The molecule has 0 radical (unpaired) electrons. The quantitative estimate of drug-likeness (QED) is 0.616. The molecule has 2 N–H and O–H groups in total. The highest BCUT2D eigenvalue weighted by atomic mass is 35.5. The van der Waals surface area contributed by atoms with Crippen molar-refractivity contribution < 1.29 is 14.5 Å². The highest BCUT2D eigenvalue weighted by Gasteiger charge is 2.22. The van der Waals surface area contributed by atoms with Crippen molar-refractivity contribution in [2.45, 2.75) is 18.9 Å². The van der Waals surface area contributed by atoms with Crippen LogP contribution in [0.4, 0.5) is 5.69 Å². The van der Waals surface area contributed by atoms with E-state index in [9.17, 15) is 14.9 Å². The van der Waals surface area contributed by atoms with Crippen molar-refractivity contribution in [3.63, 3.8) is 0 Å². The SMILES string of the molecule is Cl.O=C(N[C@H]1CCCNC1)c1cc([N+](=O)[O-])ccc1Oc1ccccc1. The second-order valence-corrected chi connectivity index (χ2v) is 5.87. The Labute approximate surface area is 157 Å². The molecule has 1 aliphatic heterocycles. The third-order valence-electron chi connectivity index (χ3n) is 4.02. The molecule has 0 unspecified atom stereocenters. The summed E-state index contributed by atoms with van der Waals surface area (Å²) in [7, 11) is 0. The molecule has 3 rings (SSSR count). The van der Waals surface area contributed by atoms with Gasteiger partial charge in [0.15, 0.2) is 0 Å². The minimum atomic E-state index is -0.523. The average molecular weight is 378 g/mol. The normalized spacial score (nSPS) is 16.2. The number of amides is 1. The number of carbonyl (C=O) groups is 1. The Morgan fingerprint density at radius 3 is 2.65 bits per heavy atom. The van der Waals surface area contributed by atoms with Gasteiger partial charge < -0.3 is 15.4 Å². The van der Waals surface area contributed by atoms with E-state index in [1.54, 1.807) is 12.1 Å². The van der Waals surface area contributed by atoms with Crippen LogP contribution in [0.3, 0.4) is 0 Å². The van der Waals surface area contributed by atoms with Crippen LogP contribution in [0.25, 0.3) is 0 Å². The summed E-state index contributed by atoms with van der Waals surface area (Å²) in [6.45, 7) is 1.63. The zero-order chi connectivity index (χ0) is 17.6. The number of rotatable bonds is 5. The number of para-hydroxylation sites is 1. The molecular weight excluding hydrogens is 358 g/mol. The Morgan fingerprint density at radius 2 is 2.00 bits per heavy atom. The summed E-state index contributed by atoms with van der Waals surface area (Å²) >= 11 is 0. The van der Waals surface area contributed by atoms with E-state index in [0.717, 1.165) is 19.4 Å². The summed E-state index contributed by atoms with van der Waals surface area (Å²) in [6.07, 6.45) is 1.86. The maximum atomic E-state index is 12.7. The van der Waals surface area contributed by atoms with Gasteiger partial charge in [-0.2, -0.15) is 0 Å². The summed E-state index contributed by atoms with van der Waals surface area (Å²) in [5.74, 6) is 0.478. The highest BCUT2D eigenvalue weighted by Crippen LogP contribution is 2.29. The summed E-state index contributed by atoms with van der Waals surface area (Å²) in [5, 5.41) is 17.2. The lowest BCUT2D eigenvalue weighted by atomic mass is 10.1. The predicted molar refractivity (Wildman–Crippen MR) is 100 cm³/mol. The maximum Gasteiger partial charge on any atom is 0.270 e. The van der Waals surface area contributed by atoms with Crippen molar-refractivity contribution >= 4 is 24.0 Å². The molecule has 0 aliphatic carbocycles. The number of nitro benzene ring substituents is 1. The molecule has 0 aromatic heterocycles. The fourth-order valence-corrected chi connectivity index (χ4v) is 2.75. The van der Waals surface area contributed by atoms with Gasteiger partial charge in [0.25, 0.3) is 11.6 Å². The van der Waals surface area contributed by atoms with Gasteiger partial charge in [0, 0.05) is 24.7 Å². The first-order valence-corrected chi connectivity index (χ1v) is 8.16. The van der Waals surface area contributed by atoms with Gasteiger partial charge in [-0.15, -0.1) is 12.4 Å². The number of halogens is 1. The van der Waals surface area contributed by atoms with Crippen molar-refractivity contribution in [3.05, 3.63) is 64.2 Å². The van der Waals surface area contributed by atoms with Crippen molar-refractivity contribution in [2.24, 2.45) is 0 Å². The van der Waals surface area contributed by atoms with E-state index in [1.807, 2.05) is 18.2 Å². The highest BCUT2D eigenvalue weighted by molar-refractivity contribution is 5.98. The van der Waals surface area contributed by atoms with Gasteiger partial charge in [-0.3, -0.25) is 14.9 Å². The Morgan fingerprint density at radius 1 is 1.23 bits per heavy atom. The van der Waals surface area contributed by atoms with Crippen LogP contribution >= 0.6 is 12.4 Å². The Balaban J connectivity index is 0.00000243. The fourth-order valence-electron chi connectivity index (χ4n) is 2.75. The number of benzene rings is 2.